The number of alkyl carbamates (subject to hydrolysis) is 1. The number of amides is 2. The van der Waals surface area contributed by atoms with Crippen molar-refractivity contribution in [2.45, 2.75) is 6.54 Å². The molecule has 6 nitrogen and oxygen atoms in total. The molecule has 0 aliphatic rings. The second-order valence-corrected chi connectivity index (χ2v) is 5.28. The Hall–Kier alpha value is -3.28. The van der Waals surface area contributed by atoms with Gasteiger partial charge < -0.3 is 20.4 Å². The molecule has 3 rings (SSSR count). The number of methoxy groups -OCH3 is 1. The van der Waals surface area contributed by atoms with E-state index in [2.05, 4.69) is 20.4 Å². The molecule has 0 saturated heterocycles. The zero-order valence-corrected chi connectivity index (χ0v) is 13.1. The van der Waals surface area contributed by atoms with Crippen molar-refractivity contribution in [3.8, 4) is 0 Å². The van der Waals surface area contributed by atoms with Gasteiger partial charge in [0.05, 0.1) is 7.11 Å². The molecule has 3 N–H and O–H groups in total. The molecule has 122 valence electrons. The zero-order chi connectivity index (χ0) is 16.9. The Morgan fingerprint density at radius 2 is 1.88 bits per heavy atom. The summed E-state index contributed by atoms with van der Waals surface area (Å²) >= 11 is 0. The third kappa shape index (κ3) is 3.55. The SMILES string of the molecule is COC(=O)NCc1ccc(NC(=O)c2ccc3[nH]ccc3c2)cc1. The molecule has 1 aromatic heterocycles. The molecule has 6 heteroatoms. The maximum Gasteiger partial charge on any atom is 0.407 e. The van der Waals surface area contributed by atoms with Crippen molar-refractivity contribution < 1.29 is 14.3 Å². The lowest BCUT2D eigenvalue weighted by molar-refractivity contribution is 0.102. The van der Waals surface area contributed by atoms with Gasteiger partial charge in [0.2, 0.25) is 0 Å². The Bertz CT molecular complexity index is 869. The predicted octanol–water partition coefficient (Wildman–Crippen LogP) is 3.28. The number of aromatic amines is 1. The number of fused-ring (bicyclic) bond motifs is 1. The van der Waals surface area contributed by atoms with E-state index in [1.54, 1.807) is 18.2 Å². The van der Waals surface area contributed by atoms with Crippen molar-refractivity contribution in [2.75, 3.05) is 12.4 Å². The van der Waals surface area contributed by atoms with Gasteiger partial charge in [-0.05, 0) is 42.0 Å². The number of H-pyrrole nitrogens is 1. The largest absolute Gasteiger partial charge is 0.453 e. The molecular formula is C18H17N3O3. The van der Waals surface area contributed by atoms with E-state index in [0.717, 1.165) is 16.5 Å². The summed E-state index contributed by atoms with van der Waals surface area (Å²) < 4.78 is 4.51. The topological polar surface area (TPSA) is 83.2 Å². The first-order chi connectivity index (χ1) is 11.7. The minimum atomic E-state index is -0.479. The van der Waals surface area contributed by atoms with Crippen LogP contribution in [-0.4, -0.2) is 24.1 Å². The third-order valence-corrected chi connectivity index (χ3v) is 3.65. The summed E-state index contributed by atoms with van der Waals surface area (Å²) in [7, 11) is 1.32. The van der Waals surface area contributed by atoms with E-state index >= 15 is 0 Å². The average molecular weight is 323 g/mol. The Morgan fingerprint density at radius 1 is 1.08 bits per heavy atom. The highest BCUT2D eigenvalue weighted by atomic mass is 16.5. The molecule has 2 amide bonds. The molecule has 0 bridgehead atoms. The fraction of sp³-hybridized carbons (Fsp3) is 0.111. The van der Waals surface area contributed by atoms with Crippen LogP contribution >= 0.6 is 0 Å². The van der Waals surface area contributed by atoms with E-state index in [-0.39, 0.29) is 5.91 Å². The van der Waals surface area contributed by atoms with Gasteiger partial charge in [-0.25, -0.2) is 4.79 Å². The van der Waals surface area contributed by atoms with Gasteiger partial charge in [-0.3, -0.25) is 4.79 Å². The number of anilines is 1. The van der Waals surface area contributed by atoms with E-state index in [1.807, 2.05) is 36.5 Å². The first kappa shape index (κ1) is 15.6. The monoisotopic (exact) mass is 323 g/mol. The summed E-state index contributed by atoms with van der Waals surface area (Å²) in [5, 5.41) is 6.45. The maximum absolute atomic E-state index is 12.3. The summed E-state index contributed by atoms with van der Waals surface area (Å²) in [4.78, 5) is 26.5. The van der Waals surface area contributed by atoms with Crippen LogP contribution in [0.5, 0.6) is 0 Å². The first-order valence-electron chi connectivity index (χ1n) is 7.45. The van der Waals surface area contributed by atoms with Gasteiger partial charge in [-0.15, -0.1) is 0 Å². The number of benzene rings is 2. The highest BCUT2D eigenvalue weighted by Crippen LogP contribution is 2.16. The molecule has 3 aromatic rings. The number of ether oxygens (including phenoxy) is 1. The van der Waals surface area contributed by atoms with Gasteiger partial charge in [0.1, 0.15) is 0 Å². The molecular weight excluding hydrogens is 306 g/mol. The minimum Gasteiger partial charge on any atom is -0.453 e. The molecule has 0 saturated carbocycles. The number of hydrogen-bond acceptors (Lipinski definition) is 3. The van der Waals surface area contributed by atoms with E-state index in [1.165, 1.54) is 7.11 Å². The fourth-order valence-corrected chi connectivity index (χ4v) is 2.35. The van der Waals surface area contributed by atoms with Crippen molar-refractivity contribution in [1.82, 2.24) is 10.3 Å². The molecule has 0 aliphatic carbocycles. The van der Waals surface area contributed by atoms with Crippen molar-refractivity contribution in [1.29, 1.82) is 0 Å². The Balaban J connectivity index is 1.64. The normalized spacial score (nSPS) is 10.4. The number of aromatic nitrogens is 1. The molecule has 0 spiro atoms. The second kappa shape index (κ2) is 6.87. The van der Waals surface area contributed by atoms with Gasteiger partial charge >= 0.3 is 6.09 Å². The molecule has 0 atom stereocenters. The number of nitrogens with one attached hydrogen (secondary N) is 3. The van der Waals surface area contributed by atoms with Gasteiger partial charge in [-0.1, -0.05) is 12.1 Å². The standard InChI is InChI=1S/C18H17N3O3/c1-24-18(23)20-11-12-2-5-15(6-3-12)21-17(22)14-4-7-16-13(10-14)8-9-19-16/h2-10,19H,11H2,1H3,(H,20,23)(H,21,22). The summed E-state index contributed by atoms with van der Waals surface area (Å²) in [5.41, 5.74) is 3.19. The Labute approximate surface area is 138 Å². The highest BCUT2D eigenvalue weighted by Gasteiger charge is 2.07. The van der Waals surface area contributed by atoms with Crippen LogP contribution in [0.1, 0.15) is 15.9 Å². The van der Waals surface area contributed by atoms with Crippen LogP contribution in [0.2, 0.25) is 0 Å². The van der Waals surface area contributed by atoms with Gasteiger partial charge in [0, 0.05) is 34.9 Å². The summed E-state index contributed by atoms with van der Waals surface area (Å²) in [5.74, 6) is -0.168. The van der Waals surface area contributed by atoms with Crippen LogP contribution in [0.4, 0.5) is 10.5 Å². The van der Waals surface area contributed by atoms with Crippen molar-refractivity contribution in [3.63, 3.8) is 0 Å². The van der Waals surface area contributed by atoms with Crippen molar-refractivity contribution >= 4 is 28.6 Å². The van der Waals surface area contributed by atoms with Gasteiger partial charge in [-0.2, -0.15) is 0 Å². The first-order valence-corrected chi connectivity index (χ1v) is 7.45. The number of rotatable bonds is 4. The fourth-order valence-electron chi connectivity index (χ4n) is 2.35. The molecule has 0 fully saturated rings. The molecule has 0 radical (unpaired) electrons. The molecule has 24 heavy (non-hydrogen) atoms. The van der Waals surface area contributed by atoms with Crippen LogP contribution in [0.25, 0.3) is 10.9 Å². The lowest BCUT2D eigenvalue weighted by atomic mass is 10.1. The second-order valence-electron chi connectivity index (χ2n) is 5.28. The quantitative estimate of drug-likeness (QED) is 0.689. The van der Waals surface area contributed by atoms with Crippen LogP contribution in [-0.2, 0) is 11.3 Å². The van der Waals surface area contributed by atoms with E-state index < -0.39 is 6.09 Å². The Morgan fingerprint density at radius 3 is 2.62 bits per heavy atom. The smallest absolute Gasteiger partial charge is 0.407 e. The van der Waals surface area contributed by atoms with E-state index in [9.17, 15) is 9.59 Å². The summed E-state index contributed by atoms with van der Waals surface area (Å²) in [6, 6.07) is 14.7. The molecule has 0 unspecified atom stereocenters. The van der Waals surface area contributed by atoms with Crippen LogP contribution in [0.3, 0.4) is 0 Å². The predicted molar refractivity (Wildman–Crippen MR) is 91.9 cm³/mol. The summed E-state index contributed by atoms with van der Waals surface area (Å²) in [6.45, 7) is 0.366. The zero-order valence-electron chi connectivity index (χ0n) is 13.1. The lowest BCUT2D eigenvalue weighted by Gasteiger charge is -2.07. The van der Waals surface area contributed by atoms with E-state index in [4.69, 9.17) is 0 Å². The average Bonchev–Trinajstić information content (AvgIpc) is 3.08. The molecule has 2 aromatic carbocycles. The van der Waals surface area contributed by atoms with Gasteiger partial charge in [0.25, 0.3) is 5.91 Å². The number of carbonyl (C=O) groups excluding carboxylic acids is 2. The minimum absolute atomic E-state index is 0.168. The Kier molecular flexibility index (Phi) is 4.47. The summed E-state index contributed by atoms with van der Waals surface area (Å²) in [6.07, 6.45) is 1.36. The van der Waals surface area contributed by atoms with Crippen molar-refractivity contribution in [3.05, 3.63) is 65.9 Å². The van der Waals surface area contributed by atoms with E-state index in [0.29, 0.717) is 17.8 Å². The van der Waals surface area contributed by atoms with Crippen LogP contribution in [0, 0.1) is 0 Å². The number of carbonyl (C=O) groups is 2. The van der Waals surface area contributed by atoms with Crippen LogP contribution < -0.4 is 10.6 Å². The molecule has 1 heterocycles. The van der Waals surface area contributed by atoms with Crippen molar-refractivity contribution in [2.24, 2.45) is 0 Å². The third-order valence-electron chi connectivity index (χ3n) is 3.65. The highest BCUT2D eigenvalue weighted by molar-refractivity contribution is 6.06. The molecule has 0 aliphatic heterocycles. The maximum atomic E-state index is 12.3. The lowest BCUT2D eigenvalue weighted by Crippen LogP contribution is -2.22. The van der Waals surface area contributed by atoms with Gasteiger partial charge in [0.15, 0.2) is 0 Å². The van der Waals surface area contributed by atoms with Crippen LogP contribution in [0.15, 0.2) is 54.7 Å². The number of hydrogen-bond donors (Lipinski definition) is 3.